The van der Waals surface area contributed by atoms with Crippen LogP contribution in [-0.2, 0) is 36.8 Å². The number of aldehydes is 1. The molecule has 0 aliphatic carbocycles. The topological polar surface area (TPSA) is 201 Å². The van der Waals surface area contributed by atoms with Gasteiger partial charge in [0.25, 0.3) is 11.8 Å². The Morgan fingerprint density at radius 2 is 1.94 bits per heavy atom. The molecule has 5 rings (SSSR count). The minimum atomic E-state index is -2.02. The zero-order chi connectivity index (χ0) is 36.4. The summed E-state index contributed by atoms with van der Waals surface area (Å²) >= 11 is -2.02. The number of likely N-dealkylation sites (N-methyl/N-ethyl adjacent to an activating group) is 1. The first-order chi connectivity index (χ1) is 24.0. The van der Waals surface area contributed by atoms with Crippen LogP contribution in [0.25, 0.3) is 0 Å². The Kier molecular flexibility index (Phi) is 13.3. The fourth-order valence-corrected chi connectivity index (χ4v) is 7.17. The molecule has 3 unspecified atom stereocenters. The molecule has 50 heavy (non-hydrogen) atoms. The lowest BCUT2D eigenvalue weighted by Crippen LogP contribution is -2.53. The van der Waals surface area contributed by atoms with Gasteiger partial charge in [-0.2, -0.15) is 0 Å². The van der Waals surface area contributed by atoms with Crippen molar-refractivity contribution in [1.29, 1.82) is 0 Å². The van der Waals surface area contributed by atoms with Crippen LogP contribution in [-0.4, -0.2) is 96.1 Å². The third-order valence-electron chi connectivity index (χ3n) is 8.72. The molecule has 0 bridgehead atoms. The van der Waals surface area contributed by atoms with Crippen molar-refractivity contribution >= 4 is 58.9 Å². The van der Waals surface area contributed by atoms with E-state index in [9.17, 15) is 37.1 Å². The lowest BCUT2D eigenvalue weighted by atomic mass is 10.0. The number of anilines is 2. The molecule has 3 heterocycles. The number of halogens is 2. The van der Waals surface area contributed by atoms with Gasteiger partial charge in [0.2, 0.25) is 29.4 Å². The van der Waals surface area contributed by atoms with E-state index < -0.39 is 46.5 Å². The van der Waals surface area contributed by atoms with Crippen molar-refractivity contribution in [2.45, 2.75) is 44.6 Å². The van der Waals surface area contributed by atoms with Crippen molar-refractivity contribution in [3.05, 3.63) is 52.8 Å². The largest absolute Gasteiger partial charge is 0.385 e. The van der Waals surface area contributed by atoms with Crippen molar-refractivity contribution in [2.24, 2.45) is 11.7 Å². The number of benzene rings is 2. The van der Waals surface area contributed by atoms with Crippen molar-refractivity contribution < 1.29 is 46.8 Å². The molecule has 2 aromatic carbocycles. The molecule has 3 aliphatic heterocycles. The molecule has 270 valence electrons. The monoisotopic (exact) mass is 719 g/mol. The third-order valence-corrected chi connectivity index (χ3v) is 9.84. The van der Waals surface area contributed by atoms with E-state index >= 15 is 0 Å². The van der Waals surface area contributed by atoms with Crippen LogP contribution in [0.3, 0.4) is 0 Å². The van der Waals surface area contributed by atoms with Crippen LogP contribution in [0.1, 0.15) is 58.4 Å². The minimum absolute atomic E-state index is 0.138. The molecule has 15 nitrogen and oxygen atoms in total. The Labute approximate surface area is 289 Å². The number of carbonyl (C=O) groups is 6. The number of hydrogen-bond acceptors (Lipinski definition) is 10. The summed E-state index contributed by atoms with van der Waals surface area (Å²) in [5, 5.41) is 5.53. The Morgan fingerprint density at radius 1 is 1.18 bits per heavy atom. The van der Waals surface area contributed by atoms with E-state index in [1.807, 2.05) is 0 Å². The third kappa shape index (κ3) is 9.38. The Hall–Kier alpha value is -4.97. The molecule has 0 spiro atoms. The summed E-state index contributed by atoms with van der Waals surface area (Å²) < 4.78 is 43.3. The summed E-state index contributed by atoms with van der Waals surface area (Å²) in [6, 6.07) is 6.68. The van der Waals surface area contributed by atoms with Gasteiger partial charge in [-0.15, -0.1) is 0 Å². The van der Waals surface area contributed by atoms with Gasteiger partial charge < -0.3 is 20.9 Å². The van der Waals surface area contributed by atoms with Crippen LogP contribution in [0.15, 0.2) is 30.3 Å². The second-order valence-corrected chi connectivity index (χ2v) is 13.2. The number of nitrogens with one attached hydrogen (secondary N) is 3. The van der Waals surface area contributed by atoms with Crippen molar-refractivity contribution in [1.82, 2.24) is 19.8 Å². The number of primary amides is 1. The molecule has 0 saturated carbocycles. The predicted octanol–water partition coefficient (Wildman–Crippen LogP) is 1.15. The second kappa shape index (κ2) is 17.6. The number of likely N-dealkylation sites (tertiary alicyclic amines) is 1. The summed E-state index contributed by atoms with van der Waals surface area (Å²) in [7, 11) is 1.48. The smallest absolute Gasteiger partial charge is 0.255 e. The standard InChI is InChI=1S/C31H36F2N6O7S.CH3NO/c1-37(25-6-7-27(41)35-30(25)43)31(44)23-5-4-22(15-21(23)18-40)34-10-2-3-19-8-11-38(16-19)12-9-20-13-24(32)29(26(14-20)46-33)39-17-28(42)36-47(39)45;2-1-3/h4-5,13-15,18-19,25,34H,2-3,6-12,16-17H2,1H3,(H,36,42)(H,35,41,43);1H,(H2,2,3). The molecule has 18 heteroatoms. The van der Waals surface area contributed by atoms with Gasteiger partial charge in [-0.1, -0.05) is 0 Å². The van der Waals surface area contributed by atoms with Gasteiger partial charge in [0, 0.05) is 48.9 Å². The van der Waals surface area contributed by atoms with E-state index in [1.54, 1.807) is 18.2 Å². The normalized spacial score (nSPS) is 20.3. The van der Waals surface area contributed by atoms with E-state index in [1.165, 1.54) is 24.1 Å². The first-order valence-electron chi connectivity index (χ1n) is 15.9. The molecular formula is C32H39F2N7O8S. The molecule has 0 aromatic heterocycles. The lowest BCUT2D eigenvalue weighted by Gasteiger charge is -2.30. The van der Waals surface area contributed by atoms with Gasteiger partial charge in [0.05, 0.1) is 5.56 Å². The summed E-state index contributed by atoms with van der Waals surface area (Å²) in [6.45, 7) is 2.65. The van der Waals surface area contributed by atoms with Crippen LogP contribution >= 0.6 is 0 Å². The zero-order valence-electron chi connectivity index (χ0n) is 27.3. The first kappa shape index (κ1) is 37.8. The molecule has 5 amide bonds. The maximum absolute atomic E-state index is 14.9. The molecule has 2 aromatic rings. The van der Waals surface area contributed by atoms with Gasteiger partial charge in [0.15, 0.2) is 17.9 Å². The van der Waals surface area contributed by atoms with Crippen LogP contribution in [0.5, 0.6) is 5.75 Å². The highest BCUT2D eigenvalue weighted by atomic mass is 32.2. The van der Waals surface area contributed by atoms with Gasteiger partial charge in [-0.05, 0) is 80.5 Å². The molecule has 3 atom stereocenters. The van der Waals surface area contributed by atoms with Gasteiger partial charge in [-0.3, -0.25) is 48.1 Å². The highest BCUT2D eigenvalue weighted by Gasteiger charge is 2.34. The fraction of sp³-hybridized carbons (Fsp3) is 0.438. The molecule has 0 radical (unpaired) electrons. The van der Waals surface area contributed by atoms with Crippen molar-refractivity contribution in [3.8, 4) is 5.75 Å². The van der Waals surface area contributed by atoms with Gasteiger partial charge in [-0.25, -0.2) is 8.60 Å². The van der Waals surface area contributed by atoms with Gasteiger partial charge in [0.1, 0.15) is 18.3 Å². The predicted molar refractivity (Wildman–Crippen MR) is 178 cm³/mol. The fourth-order valence-electron chi connectivity index (χ4n) is 6.22. The quantitative estimate of drug-likeness (QED) is 0.132. The van der Waals surface area contributed by atoms with Gasteiger partial charge >= 0.3 is 0 Å². The minimum Gasteiger partial charge on any atom is -0.385 e. The summed E-state index contributed by atoms with van der Waals surface area (Å²) in [4.78, 5) is 76.0. The Bertz CT molecular complexity index is 1650. The zero-order valence-corrected chi connectivity index (χ0v) is 28.1. The summed E-state index contributed by atoms with van der Waals surface area (Å²) in [5.74, 6) is -2.75. The number of nitrogens with zero attached hydrogens (tertiary/aromatic N) is 3. The van der Waals surface area contributed by atoms with Crippen LogP contribution < -0.4 is 30.3 Å². The Balaban J connectivity index is 0.00000181. The molecule has 3 aliphatic rings. The Morgan fingerprint density at radius 3 is 2.60 bits per heavy atom. The molecule has 3 saturated heterocycles. The number of rotatable bonds is 13. The maximum atomic E-state index is 14.9. The van der Waals surface area contributed by atoms with Crippen molar-refractivity contribution in [3.63, 3.8) is 0 Å². The highest BCUT2D eigenvalue weighted by molar-refractivity contribution is 7.85. The highest BCUT2D eigenvalue weighted by Crippen LogP contribution is 2.35. The summed E-state index contributed by atoms with van der Waals surface area (Å²) in [5.41, 5.74) is 5.37. The number of amides is 5. The van der Waals surface area contributed by atoms with Crippen LogP contribution in [0.2, 0.25) is 0 Å². The van der Waals surface area contributed by atoms with Crippen LogP contribution in [0.4, 0.5) is 20.3 Å². The first-order valence-corrected chi connectivity index (χ1v) is 17.0. The van der Waals surface area contributed by atoms with E-state index in [0.717, 1.165) is 36.7 Å². The average molecular weight is 720 g/mol. The molecule has 3 fully saturated rings. The number of nitrogens with two attached hydrogens (primary N) is 1. The number of imide groups is 1. The maximum Gasteiger partial charge on any atom is 0.255 e. The van der Waals surface area contributed by atoms with Crippen LogP contribution in [0, 0.1) is 11.7 Å². The number of carbonyl (C=O) groups excluding carboxylic acids is 6. The molecular weight excluding hydrogens is 680 g/mol. The van der Waals surface area contributed by atoms with E-state index in [2.05, 4.69) is 30.9 Å². The SMILES string of the molecule is CN(C(=O)c1ccc(NCCCC2CCN(CCc3cc(F)c(N4CC(=O)NS4=O)c(OF)c3)C2)cc1C=O)C1CCC(=O)NC1=O.NC=O. The number of piperidine rings is 1. The second-order valence-electron chi connectivity index (χ2n) is 12.0. The van der Waals surface area contributed by atoms with Crippen molar-refractivity contribution in [2.75, 3.05) is 49.4 Å². The average Bonchev–Trinajstić information content (AvgIpc) is 3.69. The lowest BCUT2D eigenvalue weighted by molar-refractivity contribution is -0.136. The van der Waals surface area contributed by atoms with E-state index in [-0.39, 0.29) is 48.5 Å². The summed E-state index contributed by atoms with van der Waals surface area (Å²) in [6.07, 6.45) is 4.49. The van der Waals surface area contributed by atoms with E-state index in [4.69, 9.17) is 4.79 Å². The van der Waals surface area contributed by atoms with E-state index in [0.29, 0.717) is 43.0 Å². The molecule has 5 N–H and O–H groups in total. The number of hydrogen-bond donors (Lipinski definition) is 4.